The third-order valence-corrected chi connectivity index (χ3v) is 8.40. The second-order valence-electron chi connectivity index (χ2n) is 7.62. The Hall–Kier alpha value is -2.79. The van der Waals surface area contributed by atoms with Crippen molar-refractivity contribution in [2.24, 2.45) is 5.11 Å². The Kier molecular flexibility index (Phi) is 6.18. The van der Waals surface area contributed by atoms with Crippen molar-refractivity contribution in [3.8, 4) is 0 Å². The van der Waals surface area contributed by atoms with Crippen LogP contribution in [0, 0.1) is 5.82 Å². The largest absolute Gasteiger partial charge is 0.433 e. The third kappa shape index (κ3) is 3.82. The summed E-state index contributed by atoms with van der Waals surface area (Å²) < 4.78 is 121. The second kappa shape index (κ2) is 8.21. The highest BCUT2D eigenvalue weighted by Gasteiger charge is 2.72. The van der Waals surface area contributed by atoms with Gasteiger partial charge in [-0.15, -0.1) is 0 Å². The summed E-state index contributed by atoms with van der Waals surface area (Å²) in [7, 11) is -4.18. The highest BCUT2D eigenvalue weighted by Crippen LogP contribution is 2.54. The molecule has 0 bridgehead atoms. The van der Waals surface area contributed by atoms with E-state index >= 15 is 0 Å². The molecule has 1 aliphatic carbocycles. The van der Waals surface area contributed by atoms with Gasteiger partial charge in [0.2, 0.25) is 0 Å². The lowest BCUT2D eigenvalue weighted by atomic mass is 9.89. The quantitative estimate of drug-likeness (QED) is 0.112. The molecule has 0 N–H and O–H groups in total. The van der Waals surface area contributed by atoms with E-state index in [0.717, 1.165) is 36.4 Å². The Bertz CT molecular complexity index is 1170. The van der Waals surface area contributed by atoms with Crippen LogP contribution in [-0.4, -0.2) is 20.6 Å². The van der Waals surface area contributed by atoms with E-state index in [1.54, 1.807) is 10.0 Å². The fourth-order valence-corrected chi connectivity index (χ4v) is 6.35. The van der Waals surface area contributed by atoms with E-state index in [0.29, 0.717) is 25.0 Å². The molecule has 1 fully saturated rings. The first-order valence-electron chi connectivity index (χ1n) is 9.54. The van der Waals surface area contributed by atoms with E-state index in [9.17, 15) is 39.2 Å². The Labute approximate surface area is 183 Å². The highest BCUT2D eigenvalue weighted by molar-refractivity contribution is 7.92. The number of hydrogen-bond donors (Lipinski definition) is 0. The third-order valence-electron chi connectivity index (χ3n) is 5.83. The summed E-state index contributed by atoms with van der Waals surface area (Å²) in [5.74, 6) is -0.675. The maximum atomic E-state index is 14.8. The van der Waals surface area contributed by atoms with Crippen molar-refractivity contribution in [1.29, 1.82) is 0 Å². The van der Waals surface area contributed by atoms with Gasteiger partial charge in [0.05, 0.1) is 4.90 Å². The molecule has 2 aromatic carbocycles. The van der Waals surface area contributed by atoms with E-state index in [2.05, 4.69) is 0 Å². The first-order chi connectivity index (χ1) is 15.2. The Morgan fingerprint density at radius 2 is 1.39 bits per heavy atom. The van der Waals surface area contributed by atoms with Gasteiger partial charge in [0, 0.05) is 10.5 Å². The molecule has 0 saturated heterocycles. The van der Waals surface area contributed by atoms with Gasteiger partial charge in [0.15, 0.2) is 9.84 Å². The summed E-state index contributed by atoms with van der Waals surface area (Å²) in [6.07, 6.45) is -5.11. The molecule has 0 spiro atoms. The van der Waals surface area contributed by atoms with Crippen molar-refractivity contribution in [3.05, 3.63) is 75.9 Å². The lowest BCUT2D eigenvalue weighted by molar-refractivity contribution is -0.307. The van der Waals surface area contributed by atoms with Crippen LogP contribution in [0.1, 0.15) is 36.8 Å². The number of benzene rings is 2. The summed E-state index contributed by atoms with van der Waals surface area (Å²) in [6.45, 7) is 0. The topological polar surface area (TPSA) is 82.9 Å². The predicted molar refractivity (Wildman–Crippen MR) is 103 cm³/mol. The smallest absolute Gasteiger partial charge is 0.223 e. The number of halogens is 7. The summed E-state index contributed by atoms with van der Waals surface area (Å²) in [4.78, 5) is 1.38. The molecule has 0 radical (unpaired) electrons. The monoisotopic (exact) mass is 495 g/mol. The predicted octanol–water partition coefficient (Wildman–Crippen LogP) is 6.70. The number of sulfone groups is 1. The molecule has 178 valence electrons. The minimum Gasteiger partial charge on any atom is -0.223 e. The van der Waals surface area contributed by atoms with Crippen LogP contribution in [-0.2, 0) is 20.3 Å². The maximum Gasteiger partial charge on any atom is 0.433 e. The van der Waals surface area contributed by atoms with Gasteiger partial charge in [-0.05, 0) is 53.3 Å². The van der Waals surface area contributed by atoms with Gasteiger partial charge in [-0.2, -0.15) is 22.0 Å². The van der Waals surface area contributed by atoms with Crippen LogP contribution < -0.4 is 0 Å². The minimum absolute atomic E-state index is 0.0234. The van der Waals surface area contributed by atoms with Gasteiger partial charge >= 0.3 is 12.2 Å². The normalized spacial score (nSPS) is 18.4. The molecule has 1 unspecified atom stereocenters. The molecule has 2 aromatic rings. The second-order valence-corrected chi connectivity index (χ2v) is 9.88. The molecule has 1 saturated carbocycles. The first-order valence-corrected chi connectivity index (χ1v) is 11.0. The molecule has 0 heterocycles. The number of alkyl halides is 6. The van der Waals surface area contributed by atoms with E-state index in [-0.39, 0.29) is 23.3 Å². The fraction of sp³-hybridized carbons (Fsp3) is 0.400. The number of nitrogens with zero attached hydrogens (tertiary/aromatic N) is 3. The average molecular weight is 495 g/mol. The van der Waals surface area contributed by atoms with Gasteiger partial charge in [0.1, 0.15) is 10.6 Å². The highest BCUT2D eigenvalue weighted by atomic mass is 32.2. The van der Waals surface area contributed by atoms with Crippen LogP contribution in [0.5, 0.6) is 0 Å². The Morgan fingerprint density at radius 1 is 0.879 bits per heavy atom. The van der Waals surface area contributed by atoms with Gasteiger partial charge in [0.25, 0.3) is 5.67 Å². The molecular weight excluding hydrogens is 479 g/mol. The van der Waals surface area contributed by atoms with Crippen LogP contribution in [0.2, 0.25) is 0 Å². The molecule has 13 heteroatoms. The lowest BCUT2D eigenvalue weighted by Gasteiger charge is -2.34. The van der Waals surface area contributed by atoms with Crippen molar-refractivity contribution in [2.75, 3.05) is 0 Å². The minimum atomic E-state index is -6.16. The van der Waals surface area contributed by atoms with E-state index in [1.807, 2.05) is 0 Å². The van der Waals surface area contributed by atoms with Gasteiger partial charge in [-0.1, -0.05) is 37.1 Å². The lowest BCUT2D eigenvalue weighted by Crippen LogP contribution is -2.51. The van der Waals surface area contributed by atoms with Gasteiger partial charge in [-0.25, -0.2) is 17.2 Å². The number of azide groups is 1. The first kappa shape index (κ1) is 24.8. The van der Waals surface area contributed by atoms with Crippen LogP contribution in [0.4, 0.5) is 30.7 Å². The molecule has 1 aliphatic rings. The molecule has 3 rings (SSSR count). The molecule has 1 atom stereocenters. The Balaban J connectivity index is 2.14. The van der Waals surface area contributed by atoms with Crippen molar-refractivity contribution in [2.45, 2.75) is 53.2 Å². The van der Waals surface area contributed by atoms with Crippen molar-refractivity contribution in [1.82, 2.24) is 0 Å². The molecule has 0 aliphatic heterocycles. The summed E-state index contributed by atoms with van der Waals surface area (Å²) in [5, 5.41) is 1.70. The molecular formula is C20H16F7N3O2S. The summed E-state index contributed by atoms with van der Waals surface area (Å²) >= 11 is 0. The maximum absolute atomic E-state index is 14.8. The Morgan fingerprint density at radius 3 is 1.85 bits per heavy atom. The summed E-state index contributed by atoms with van der Waals surface area (Å²) in [6, 6.07) is 0.975. The van der Waals surface area contributed by atoms with Gasteiger partial charge < -0.3 is 0 Å². The van der Waals surface area contributed by atoms with Crippen LogP contribution in [0.25, 0.3) is 10.4 Å². The molecule has 5 nitrogen and oxygen atoms in total. The van der Waals surface area contributed by atoms with E-state index < -0.39 is 43.9 Å². The average Bonchev–Trinajstić information content (AvgIpc) is 3.24. The summed E-state index contributed by atoms with van der Waals surface area (Å²) in [5.41, 5.74) is 1.25. The van der Waals surface area contributed by atoms with Crippen LogP contribution in [0.3, 0.4) is 0 Å². The molecule has 33 heavy (non-hydrogen) atoms. The zero-order chi connectivity index (χ0) is 24.7. The van der Waals surface area contributed by atoms with Gasteiger partial charge in [-0.3, -0.25) is 0 Å². The fourth-order valence-electron chi connectivity index (χ4n) is 4.13. The number of hydrogen-bond acceptors (Lipinski definition) is 3. The van der Waals surface area contributed by atoms with E-state index in [4.69, 9.17) is 5.53 Å². The van der Waals surface area contributed by atoms with E-state index in [1.165, 1.54) is 0 Å². The number of rotatable bonds is 6. The van der Waals surface area contributed by atoms with Crippen molar-refractivity contribution < 1.29 is 39.2 Å². The molecule has 0 amide bonds. The zero-order valence-electron chi connectivity index (χ0n) is 16.7. The molecule has 0 aromatic heterocycles. The van der Waals surface area contributed by atoms with Crippen molar-refractivity contribution >= 4 is 9.84 Å². The van der Waals surface area contributed by atoms with Crippen molar-refractivity contribution in [3.63, 3.8) is 0 Å². The standard InChI is InChI=1S/C20H16F7N3O2S/c21-15-7-9-16(10-8-15)33(31,32)17(11-1-2-12-17)13-3-5-14(6-4-13)18(22,19(23,24)25)20(26,27)29-30-28/h3-10H,1-2,11-12H2. The SMILES string of the molecule is [N-]=[N+]=NC(F)(F)C(F)(c1ccc(C2(S(=O)(=O)c3ccc(F)cc3)CCCC2)cc1)C(F)(F)F. The van der Waals surface area contributed by atoms with Crippen LogP contribution in [0.15, 0.2) is 58.5 Å². The zero-order valence-corrected chi connectivity index (χ0v) is 17.5. The van der Waals surface area contributed by atoms with Crippen LogP contribution >= 0.6 is 0 Å².